The normalized spacial score (nSPS) is 9.96. The maximum Gasteiger partial charge on any atom is 0.257 e. The summed E-state index contributed by atoms with van der Waals surface area (Å²) in [6, 6.07) is 10.7. The summed E-state index contributed by atoms with van der Waals surface area (Å²) in [6.07, 6.45) is 5.50. The summed E-state index contributed by atoms with van der Waals surface area (Å²) in [5.74, 6) is -0.238. The topological polar surface area (TPSA) is 69.0 Å². The first-order chi connectivity index (χ1) is 11.1. The van der Waals surface area contributed by atoms with Crippen molar-refractivity contribution in [3.05, 3.63) is 53.9 Å². The molecule has 1 aromatic heterocycles. The van der Waals surface area contributed by atoms with E-state index in [1.807, 2.05) is 13.1 Å². The van der Waals surface area contributed by atoms with Gasteiger partial charge in [0.05, 0.1) is 29.1 Å². The van der Waals surface area contributed by atoms with Gasteiger partial charge in [-0.25, -0.2) is 0 Å². The minimum Gasteiger partial charge on any atom is -0.373 e. The number of rotatable bonds is 6. The van der Waals surface area contributed by atoms with Crippen LogP contribution >= 0.6 is 0 Å². The number of unbranched alkanes of at least 4 members (excludes halogenated alkanes) is 1. The molecule has 1 N–H and O–H groups in total. The minimum atomic E-state index is -0.238. The number of amides is 1. The molecule has 0 bridgehead atoms. The van der Waals surface area contributed by atoms with Gasteiger partial charge in [-0.2, -0.15) is 5.26 Å². The predicted octanol–water partition coefficient (Wildman–Crippen LogP) is 3.44. The Morgan fingerprint density at radius 3 is 2.91 bits per heavy atom. The summed E-state index contributed by atoms with van der Waals surface area (Å²) in [7, 11) is 1.99. The van der Waals surface area contributed by atoms with Gasteiger partial charge in [-0.15, -0.1) is 0 Å². The van der Waals surface area contributed by atoms with Crippen molar-refractivity contribution in [1.29, 1.82) is 5.26 Å². The van der Waals surface area contributed by atoms with E-state index >= 15 is 0 Å². The van der Waals surface area contributed by atoms with Crippen LogP contribution in [0.1, 0.15) is 35.7 Å². The van der Waals surface area contributed by atoms with Crippen LogP contribution in [0.4, 0.5) is 11.4 Å². The zero-order valence-electron chi connectivity index (χ0n) is 13.4. The number of carbonyl (C=O) groups is 1. The van der Waals surface area contributed by atoms with Gasteiger partial charge in [-0.3, -0.25) is 9.78 Å². The summed E-state index contributed by atoms with van der Waals surface area (Å²) in [5.41, 5.74) is 2.51. The Labute approximate surface area is 136 Å². The predicted molar refractivity (Wildman–Crippen MR) is 91.5 cm³/mol. The molecule has 0 fully saturated rings. The maximum absolute atomic E-state index is 12.4. The molecule has 0 aliphatic rings. The van der Waals surface area contributed by atoms with Gasteiger partial charge in [0.15, 0.2) is 0 Å². The lowest BCUT2D eigenvalue weighted by molar-refractivity contribution is 0.102. The Morgan fingerprint density at radius 1 is 1.35 bits per heavy atom. The molecule has 0 unspecified atom stereocenters. The number of aromatic nitrogens is 1. The molecule has 2 rings (SSSR count). The molecule has 23 heavy (non-hydrogen) atoms. The molecule has 0 saturated heterocycles. The first-order valence-electron chi connectivity index (χ1n) is 7.61. The van der Waals surface area contributed by atoms with E-state index in [9.17, 15) is 4.79 Å². The lowest BCUT2D eigenvalue weighted by Gasteiger charge is -2.19. The van der Waals surface area contributed by atoms with Gasteiger partial charge in [0, 0.05) is 25.5 Å². The van der Waals surface area contributed by atoms with Crippen molar-refractivity contribution in [3.63, 3.8) is 0 Å². The fraction of sp³-hybridized carbons (Fsp3) is 0.278. The number of nitriles is 1. The highest BCUT2D eigenvalue weighted by atomic mass is 16.1. The van der Waals surface area contributed by atoms with Crippen LogP contribution in [-0.4, -0.2) is 24.5 Å². The van der Waals surface area contributed by atoms with E-state index in [0.717, 1.165) is 25.1 Å². The lowest BCUT2D eigenvalue weighted by Crippen LogP contribution is -2.19. The summed E-state index contributed by atoms with van der Waals surface area (Å²) in [6.45, 7) is 3.07. The highest BCUT2D eigenvalue weighted by molar-refractivity contribution is 6.04. The Bertz CT molecular complexity index is 721. The molecule has 1 amide bonds. The van der Waals surface area contributed by atoms with Gasteiger partial charge in [0.25, 0.3) is 5.91 Å². The number of anilines is 2. The fourth-order valence-electron chi connectivity index (χ4n) is 2.15. The van der Waals surface area contributed by atoms with Crippen LogP contribution in [0, 0.1) is 11.3 Å². The first kappa shape index (κ1) is 16.5. The molecular weight excluding hydrogens is 288 g/mol. The molecule has 118 valence electrons. The molecule has 0 atom stereocenters. The Hall–Kier alpha value is -2.87. The number of hydrogen-bond acceptors (Lipinski definition) is 4. The van der Waals surface area contributed by atoms with Crippen LogP contribution in [-0.2, 0) is 0 Å². The zero-order chi connectivity index (χ0) is 16.7. The molecule has 5 heteroatoms. The maximum atomic E-state index is 12.4. The van der Waals surface area contributed by atoms with Crippen LogP contribution in [0.3, 0.4) is 0 Å². The number of hydrogen-bond donors (Lipinski definition) is 1. The molecule has 0 spiro atoms. The molecule has 0 radical (unpaired) electrons. The highest BCUT2D eigenvalue weighted by Crippen LogP contribution is 2.16. The van der Waals surface area contributed by atoms with Crippen molar-refractivity contribution in [2.24, 2.45) is 0 Å². The Kier molecular flexibility index (Phi) is 5.70. The van der Waals surface area contributed by atoms with Gasteiger partial charge in [0.1, 0.15) is 0 Å². The van der Waals surface area contributed by atoms with E-state index in [1.54, 1.807) is 36.7 Å². The van der Waals surface area contributed by atoms with Gasteiger partial charge in [-0.1, -0.05) is 19.4 Å². The number of nitrogens with one attached hydrogen (secondary N) is 1. The van der Waals surface area contributed by atoms with E-state index in [-0.39, 0.29) is 5.91 Å². The second-order valence-corrected chi connectivity index (χ2v) is 5.35. The highest BCUT2D eigenvalue weighted by Gasteiger charge is 2.09. The third-order valence-corrected chi connectivity index (χ3v) is 3.52. The van der Waals surface area contributed by atoms with Crippen LogP contribution < -0.4 is 10.2 Å². The molecule has 1 aromatic carbocycles. The summed E-state index contributed by atoms with van der Waals surface area (Å²) < 4.78 is 0. The summed E-state index contributed by atoms with van der Waals surface area (Å²) in [4.78, 5) is 18.6. The second-order valence-electron chi connectivity index (χ2n) is 5.35. The van der Waals surface area contributed by atoms with E-state index in [1.165, 1.54) is 0 Å². The third kappa shape index (κ3) is 4.55. The van der Waals surface area contributed by atoms with Gasteiger partial charge in [-0.05, 0) is 30.7 Å². The van der Waals surface area contributed by atoms with Crippen LogP contribution in [0.2, 0.25) is 0 Å². The Balaban J connectivity index is 2.11. The molecule has 0 aliphatic carbocycles. The van der Waals surface area contributed by atoms with Crippen LogP contribution in [0.15, 0.2) is 42.7 Å². The largest absolute Gasteiger partial charge is 0.373 e. The molecule has 1 heterocycles. The van der Waals surface area contributed by atoms with E-state index < -0.39 is 0 Å². The number of pyridine rings is 1. The fourth-order valence-corrected chi connectivity index (χ4v) is 2.15. The van der Waals surface area contributed by atoms with Crippen molar-refractivity contribution >= 4 is 17.3 Å². The number of nitrogens with zero attached hydrogens (tertiary/aromatic N) is 3. The van der Waals surface area contributed by atoms with E-state index in [2.05, 4.69) is 28.2 Å². The minimum absolute atomic E-state index is 0.238. The second kappa shape index (κ2) is 7.95. The number of carbonyl (C=O) groups excluding carboxylic acids is 1. The standard InChI is InChI=1S/C18H20N4O/c1-3-4-8-22(2)17-10-15(12-20-13-17)18(23)21-16-7-5-6-14(9-16)11-19/h5-7,9-10,12-13H,3-4,8H2,1-2H3,(H,21,23). The zero-order valence-corrected chi connectivity index (χ0v) is 13.4. The van der Waals surface area contributed by atoms with Crippen molar-refractivity contribution in [1.82, 2.24) is 4.98 Å². The van der Waals surface area contributed by atoms with Gasteiger partial charge in [0.2, 0.25) is 0 Å². The van der Waals surface area contributed by atoms with Crippen molar-refractivity contribution in [2.45, 2.75) is 19.8 Å². The average molecular weight is 308 g/mol. The van der Waals surface area contributed by atoms with Gasteiger partial charge >= 0.3 is 0 Å². The van der Waals surface area contributed by atoms with E-state index in [0.29, 0.717) is 16.8 Å². The number of benzene rings is 1. The van der Waals surface area contributed by atoms with Crippen molar-refractivity contribution in [3.8, 4) is 6.07 Å². The Morgan fingerprint density at radius 2 is 2.17 bits per heavy atom. The molecule has 2 aromatic rings. The lowest BCUT2D eigenvalue weighted by atomic mass is 10.2. The van der Waals surface area contributed by atoms with Crippen LogP contribution in [0.5, 0.6) is 0 Å². The van der Waals surface area contributed by atoms with Gasteiger partial charge < -0.3 is 10.2 Å². The molecular formula is C18H20N4O. The average Bonchev–Trinajstić information content (AvgIpc) is 2.59. The van der Waals surface area contributed by atoms with Crippen LogP contribution in [0.25, 0.3) is 0 Å². The quantitative estimate of drug-likeness (QED) is 0.887. The van der Waals surface area contributed by atoms with Crippen molar-refractivity contribution < 1.29 is 4.79 Å². The smallest absolute Gasteiger partial charge is 0.257 e. The third-order valence-electron chi connectivity index (χ3n) is 3.52. The summed E-state index contributed by atoms with van der Waals surface area (Å²) >= 11 is 0. The summed E-state index contributed by atoms with van der Waals surface area (Å²) in [5, 5.41) is 11.7. The molecule has 0 aliphatic heterocycles. The monoisotopic (exact) mass is 308 g/mol. The van der Waals surface area contributed by atoms with E-state index in [4.69, 9.17) is 5.26 Å². The molecule has 5 nitrogen and oxygen atoms in total. The molecule has 0 saturated carbocycles. The SMILES string of the molecule is CCCCN(C)c1cncc(C(=O)Nc2cccc(C#N)c2)c1. The first-order valence-corrected chi connectivity index (χ1v) is 7.61. The van der Waals surface area contributed by atoms with Crippen molar-refractivity contribution in [2.75, 3.05) is 23.8 Å².